The summed E-state index contributed by atoms with van der Waals surface area (Å²) < 4.78 is 15.0. The number of aryl methyl sites for hydroxylation is 1. The van der Waals surface area contributed by atoms with E-state index in [9.17, 15) is 14.0 Å². The molecule has 3 aromatic carbocycles. The molecular formula is C25H20FN3O2. The zero-order valence-electron chi connectivity index (χ0n) is 16.9. The number of aromatic nitrogens is 2. The molecule has 0 aliphatic carbocycles. The van der Waals surface area contributed by atoms with Crippen LogP contribution in [0.5, 0.6) is 0 Å². The van der Waals surface area contributed by atoms with Crippen molar-refractivity contribution >= 4 is 17.5 Å². The van der Waals surface area contributed by atoms with E-state index in [2.05, 4.69) is 10.4 Å². The fraction of sp³-hybridized carbons (Fsp3) is 0.0800. The lowest BCUT2D eigenvalue weighted by molar-refractivity contribution is 0.0996. The molecule has 6 heteroatoms. The number of nitrogens with one attached hydrogen (secondary N) is 1. The number of hydrogen-bond donors (Lipinski definition) is 1. The third-order valence-corrected chi connectivity index (χ3v) is 4.85. The number of ketones is 1. The van der Waals surface area contributed by atoms with Gasteiger partial charge in [0.15, 0.2) is 11.6 Å². The highest BCUT2D eigenvalue weighted by Crippen LogP contribution is 2.17. The Morgan fingerprint density at radius 3 is 2.42 bits per heavy atom. The topological polar surface area (TPSA) is 64.0 Å². The van der Waals surface area contributed by atoms with Gasteiger partial charge in [-0.3, -0.25) is 14.3 Å². The van der Waals surface area contributed by atoms with Crippen molar-refractivity contribution in [1.82, 2.24) is 9.78 Å². The molecule has 0 spiro atoms. The van der Waals surface area contributed by atoms with Gasteiger partial charge in [-0.2, -0.15) is 5.10 Å². The Balaban J connectivity index is 1.51. The first kappa shape index (κ1) is 20.2. The highest BCUT2D eigenvalue weighted by atomic mass is 19.1. The van der Waals surface area contributed by atoms with Crippen LogP contribution in [0.15, 0.2) is 85.1 Å². The van der Waals surface area contributed by atoms with Crippen LogP contribution in [-0.2, 0) is 6.54 Å². The third kappa shape index (κ3) is 4.75. The summed E-state index contributed by atoms with van der Waals surface area (Å²) in [7, 11) is 0. The van der Waals surface area contributed by atoms with Gasteiger partial charge in [0.2, 0.25) is 0 Å². The molecule has 0 aliphatic rings. The number of nitrogens with zero attached hydrogens (tertiary/aromatic N) is 2. The smallest absolute Gasteiger partial charge is 0.257 e. The van der Waals surface area contributed by atoms with Gasteiger partial charge in [0.25, 0.3) is 5.91 Å². The van der Waals surface area contributed by atoms with Crippen molar-refractivity contribution in [2.75, 3.05) is 5.32 Å². The zero-order valence-corrected chi connectivity index (χ0v) is 16.9. The van der Waals surface area contributed by atoms with Crippen LogP contribution in [0, 0.1) is 12.7 Å². The highest BCUT2D eigenvalue weighted by Gasteiger charge is 2.18. The first-order chi connectivity index (χ1) is 15.0. The normalized spacial score (nSPS) is 10.6. The van der Waals surface area contributed by atoms with Crippen LogP contribution in [0.25, 0.3) is 0 Å². The van der Waals surface area contributed by atoms with Crippen molar-refractivity contribution in [2.24, 2.45) is 0 Å². The number of benzene rings is 3. The molecule has 0 bridgehead atoms. The molecule has 1 amide bonds. The molecule has 1 aromatic heterocycles. The molecule has 0 saturated heterocycles. The van der Waals surface area contributed by atoms with E-state index in [4.69, 9.17) is 0 Å². The maximum Gasteiger partial charge on any atom is 0.257 e. The number of carbonyl (C=O) groups excluding carboxylic acids is 2. The fourth-order valence-corrected chi connectivity index (χ4v) is 3.26. The monoisotopic (exact) mass is 413 g/mol. The maximum atomic E-state index is 13.4. The summed E-state index contributed by atoms with van der Waals surface area (Å²) in [5, 5.41) is 7.05. The molecule has 5 nitrogen and oxygen atoms in total. The predicted octanol–water partition coefficient (Wildman–Crippen LogP) is 4.86. The second-order valence-corrected chi connectivity index (χ2v) is 7.22. The maximum absolute atomic E-state index is 13.4. The molecule has 0 aliphatic heterocycles. The van der Waals surface area contributed by atoms with Gasteiger partial charge in [-0.05, 0) is 30.7 Å². The van der Waals surface area contributed by atoms with Crippen molar-refractivity contribution < 1.29 is 14.0 Å². The molecule has 31 heavy (non-hydrogen) atoms. The van der Waals surface area contributed by atoms with Gasteiger partial charge in [-0.15, -0.1) is 0 Å². The number of rotatable bonds is 6. The van der Waals surface area contributed by atoms with E-state index in [-0.39, 0.29) is 17.2 Å². The summed E-state index contributed by atoms with van der Waals surface area (Å²) in [6.45, 7) is 2.32. The minimum atomic E-state index is -0.424. The van der Waals surface area contributed by atoms with Crippen molar-refractivity contribution in [3.63, 3.8) is 0 Å². The quantitative estimate of drug-likeness (QED) is 0.459. The summed E-state index contributed by atoms with van der Waals surface area (Å²) in [4.78, 5) is 25.8. The summed E-state index contributed by atoms with van der Waals surface area (Å²) in [5.41, 5.74) is 2.92. The van der Waals surface area contributed by atoms with E-state index in [1.54, 1.807) is 65.5 Å². The second kappa shape index (κ2) is 8.75. The highest BCUT2D eigenvalue weighted by molar-refractivity contribution is 6.17. The minimum Gasteiger partial charge on any atom is -0.305 e. The first-order valence-electron chi connectivity index (χ1n) is 9.79. The Labute approximate surface area is 179 Å². The lowest BCUT2D eigenvalue weighted by Crippen LogP contribution is -2.17. The van der Waals surface area contributed by atoms with Crippen molar-refractivity contribution in [3.05, 3.63) is 119 Å². The molecule has 0 unspecified atom stereocenters. The number of amides is 1. The van der Waals surface area contributed by atoms with Crippen LogP contribution in [0.2, 0.25) is 0 Å². The number of carbonyl (C=O) groups is 2. The van der Waals surface area contributed by atoms with Crippen LogP contribution in [-0.4, -0.2) is 21.5 Å². The van der Waals surface area contributed by atoms with E-state index >= 15 is 0 Å². The van der Waals surface area contributed by atoms with Crippen LogP contribution in [0.4, 0.5) is 10.2 Å². The molecule has 0 saturated carbocycles. The minimum absolute atomic E-state index is 0.220. The Morgan fingerprint density at radius 2 is 1.68 bits per heavy atom. The molecule has 4 aromatic rings. The molecular weight excluding hydrogens is 393 g/mol. The van der Waals surface area contributed by atoms with Gasteiger partial charge in [0.1, 0.15) is 5.82 Å². The van der Waals surface area contributed by atoms with Crippen LogP contribution in [0.1, 0.15) is 37.4 Å². The molecule has 1 N–H and O–H groups in total. The molecule has 1 heterocycles. The predicted molar refractivity (Wildman–Crippen MR) is 117 cm³/mol. The number of halogens is 1. The summed E-state index contributed by atoms with van der Waals surface area (Å²) >= 11 is 0. The van der Waals surface area contributed by atoms with Gasteiger partial charge < -0.3 is 5.32 Å². The standard InChI is InChI=1S/C25H20FN3O2/c1-17-9-11-19(12-10-17)24(30)21-7-2-3-8-22(21)25(31)27-23-13-14-29(28-23)16-18-5-4-6-20(26)15-18/h2-15H,16H2,1H3,(H,27,28,31). The summed E-state index contributed by atoms with van der Waals surface area (Å²) in [5.74, 6) is -0.610. The zero-order chi connectivity index (χ0) is 21.8. The molecule has 0 atom stereocenters. The number of anilines is 1. The summed E-state index contributed by atoms with van der Waals surface area (Å²) in [6, 6.07) is 21.8. The largest absolute Gasteiger partial charge is 0.305 e. The van der Waals surface area contributed by atoms with E-state index in [0.29, 0.717) is 23.5 Å². The molecule has 154 valence electrons. The van der Waals surface area contributed by atoms with Crippen molar-refractivity contribution in [3.8, 4) is 0 Å². The first-order valence-corrected chi connectivity index (χ1v) is 9.79. The van der Waals surface area contributed by atoms with Crippen molar-refractivity contribution in [1.29, 1.82) is 0 Å². The van der Waals surface area contributed by atoms with Gasteiger partial charge in [-0.25, -0.2) is 4.39 Å². The Kier molecular flexibility index (Phi) is 5.71. The average molecular weight is 413 g/mol. The van der Waals surface area contributed by atoms with Gasteiger partial charge in [0.05, 0.1) is 12.1 Å². The Hall–Kier alpha value is -4.06. The third-order valence-electron chi connectivity index (χ3n) is 4.85. The van der Waals surface area contributed by atoms with E-state index in [0.717, 1.165) is 11.1 Å². The molecule has 0 fully saturated rings. The van der Waals surface area contributed by atoms with Crippen molar-refractivity contribution in [2.45, 2.75) is 13.5 Å². The van der Waals surface area contributed by atoms with Crippen LogP contribution < -0.4 is 5.32 Å². The van der Waals surface area contributed by atoms with E-state index < -0.39 is 5.91 Å². The fourth-order valence-electron chi connectivity index (χ4n) is 3.26. The van der Waals surface area contributed by atoms with Crippen LogP contribution >= 0.6 is 0 Å². The van der Waals surface area contributed by atoms with E-state index in [1.165, 1.54) is 12.1 Å². The van der Waals surface area contributed by atoms with E-state index in [1.807, 2.05) is 19.1 Å². The molecule has 4 rings (SSSR count). The van der Waals surface area contributed by atoms with Gasteiger partial charge in [-0.1, -0.05) is 60.2 Å². The Morgan fingerprint density at radius 1 is 0.935 bits per heavy atom. The Bertz CT molecular complexity index is 1250. The lowest BCUT2D eigenvalue weighted by Gasteiger charge is -2.09. The SMILES string of the molecule is Cc1ccc(C(=O)c2ccccc2C(=O)Nc2ccn(Cc3cccc(F)c3)n2)cc1. The lowest BCUT2D eigenvalue weighted by atomic mass is 9.97. The number of hydrogen-bond acceptors (Lipinski definition) is 3. The summed E-state index contributed by atoms with van der Waals surface area (Å²) in [6.07, 6.45) is 1.70. The average Bonchev–Trinajstić information content (AvgIpc) is 3.20. The van der Waals surface area contributed by atoms with Gasteiger partial charge in [0, 0.05) is 23.4 Å². The van der Waals surface area contributed by atoms with Gasteiger partial charge >= 0.3 is 0 Å². The van der Waals surface area contributed by atoms with Crippen LogP contribution in [0.3, 0.4) is 0 Å². The second-order valence-electron chi connectivity index (χ2n) is 7.22. The molecule has 0 radical (unpaired) electrons.